The quantitative estimate of drug-likeness (QED) is 0.864. The number of nitrogens with zero attached hydrogens (tertiary/aromatic N) is 2. The van der Waals surface area contributed by atoms with Gasteiger partial charge in [-0.3, -0.25) is 9.59 Å². The standard InChI is InChI=1S/C14H17N3O3S/c15-8-10-4-7-21-13(10)16-12(18)3-6-17-5-1-2-11(9-17)14(19)20/h4,7,11H,1-3,5-6,9H2,(H,16,18)(H,19,20). The molecule has 1 aromatic rings. The molecule has 0 radical (unpaired) electrons. The van der Waals surface area contributed by atoms with Crippen LogP contribution in [0.1, 0.15) is 24.8 Å². The number of thiophene rings is 1. The van der Waals surface area contributed by atoms with Gasteiger partial charge >= 0.3 is 5.97 Å². The molecule has 7 heteroatoms. The van der Waals surface area contributed by atoms with E-state index in [4.69, 9.17) is 10.4 Å². The number of nitrogens with one attached hydrogen (secondary N) is 1. The van der Waals surface area contributed by atoms with Crippen LogP contribution in [0.4, 0.5) is 5.00 Å². The highest BCUT2D eigenvalue weighted by molar-refractivity contribution is 7.14. The summed E-state index contributed by atoms with van der Waals surface area (Å²) in [5.41, 5.74) is 0.470. The number of piperidine rings is 1. The van der Waals surface area contributed by atoms with Crippen molar-refractivity contribution in [2.75, 3.05) is 25.0 Å². The Labute approximate surface area is 127 Å². The van der Waals surface area contributed by atoms with Gasteiger partial charge in [-0.25, -0.2) is 0 Å². The monoisotopic (exact) mass is 307 g/mol. The zero-order valence-corrected chi connectivity index (χ0v) is 12.4. The molecule has 112 valence electrons. The third kappa shape index (κ3) is 4.28. The second-order valence-corrected chi connectivity index (χ2v) is 5.97. The average molecular weight is 307 g/mol. The minimum Gasteiger partial charge on any atom is -0.481 e. The molecule has 1 unspecified atom stereocenters. The first-order valence-corrected chi connectivity index (χ1v) is 7.70. The first-order valence-electron chi connectivity index (χ1n) is 6.82. The number of carboxylic acid groups (broad SMARTS) is 1. The summed E-state index contributed by atoms with van der Waals surface area (Å²) in [4.78, 5) is 24.9. The van der Waals surface area contributed by atoms with Gasteiger partial charge in [-0.05, 0) is 30.8 Å². The van der Waals surface area contributed by atoms with Crippen LogP contribution in [0.15, 0.2) is 11.4 Å². The molecule has 2 N–H and O–H groups in total. The summed E-state index contributed by atoms with van der Waals surface area (Å²) in [6, 6.07) is 3.69. The Balaban J connectivity index is 1.79. The minimum absolute atomic E-state index is 0.147. The van der Waals surface area contributed by atoms with Gasteiger partial charge in [-0.15, -0.1) is 11.3 Å². The Morgan fingerprint density at radius 3 is 3.10 bits per heavy atom. The highest BCUT2D eigenvalue weighted by Crippen LogP contribution is 2.22. The normalized spacial score (nSPS) is 18.9. The van der Waals surface area contributed by atoms with Crippen molar-refractivity contribution in [1.82, 2.24) is 4.90 Å². The number of hydrogen-bond donors (Lipinski definition) is 2. The number of rotatable bonds is 5. The fourth-order valence-corrected chi connectivity index (χ4v) is 3.16. The summed E-state index contributed by atoms with van der Waals surface area (Å²) >= 11 is 1.32. The van der Waals surface area contributed by atoms with Crippen LogP contribution in [-0.2, 0) is 9.59 Å². The first-order chi connectivity index (χ1) is 10.1. The first kappa shape index (κ1) is 15.5. The van der Waals surface area contributed by atoms with Crippen LogP contribution in [0.25, 0.3) is 0 Å². The zero-order valence-electron chi connectivity index (χ0n) is 11.5. The largest absolute Gasteiger partial charge is 0.481 e. The Morgan fingerprint density at radius 1 is 1.57 bits per heavy atom. The number of hydrogen-bond acceptors (Lipinski definition) is 5. The molecule has 1 fully saturated rings. The van der Waals surface area contributed by atoms with Crippen LogP contribution in [0.2, 0.25) is 0 Å². The topological polar surface area (TPSA) is 93.4 Å². The van der Waals surface area contributed by atoms with Crippen molar-refractivity contribution in [3.05, 3.63) is 17.0 Å². The minimum atomic E-state index is -0.763. The highest BCUT2D eigenvalue weighted by Gasteiger charge is 2.25. The lowest BCUT2D eigenvalue weighted by Crippen LogP contribution is -2.40. The molecule has 1 saturated heterocycles. The van der Waals surface area contributed by atoms with E-state index in [1.54, 1.807) is 11.4 Å². The van der Waals surface area contributed by atoms with Crippen molar-refractivity contribution in [3.8, 4) is 6.07 Å². The molecule has 2 rings (SSSR count). The van der Waals surface area contributed by atoms with Crippen LogP contribution in [0.3, 0.4) is 0 Å². The number of anilines is 1. The van der Waals surface area contributed by atoms with E-state index in [0.29, 0.717) is 36.5 Å². The fraction of sp³-hybridized carbons (Fsp3) is 0.500. The molecule has 1 aliphatic heterocycles. The van der Waals surface area contributed by atoms with Crippen molar-refractivity contribution in [3.63, 3.8) is 0 Å². The summed E-state index contributed by atoms with van der Waals surface area (Å²) in [6.07, 6.45) is 1.86. The van der Waals surface area contributed by atoms with Gasteiger partial charge in [0.25, 0.3) is 0 Å². The van der Waals surface area contributed by atoms with Crippen LogP contribution >= 0.6 is 11.3 Å². The van der Waals surface area contributed by atoms with Gasteiger partial charge in [0.1, 0.15) is 11.1 Å². The third-order valence-electron chi connectivity index (χ3n) is 3.55. The number of carbonyl (C=O) groups is 2. The maximum Gasteiger partial charge on any atom is 0.307 e. The van der Waals surface area contributed by atoms with E-state index in [0.717, 1.165) is 13.0 Å². The summed E-state index contributed by atoms with van der Waals surface area (Å²) in [7, 11) is 0. The Bertz CT molecular complexity index is 564. The van der Waals surface area contributed by atoms with Gasteiger partial charge in [-0.1, -0.05) is 0 Å². The summed E-state index contributed by atoms with van der Waals surface area (Å²) in [5.74, 6) is -1.24. The van der Waals surface area contributed by atoms with Crippen LogP contribution in [0.5, 0.6) is 0 Å². The fourth-order valence-electron chi connectivity index (χ4n) is 2.40. The van der Waals surface area contributed by atoms with E-state index in [1.165, 1.54) is 11.3 Å². The number of carboxylic acids is 1. The van der Waals surface area contributed by atoms with Crippen molar-refractivity contribution < 1.29 is 14.7 Å². The van der Waals surface area contributed by atoms with Crippen LogP contribution < -0.4 is 5.32 Å². The van der Waals surface area contributed by atoms with E-state index < -0.39 is 5.97 Å². The molecule has 1 aliphatic rings. The van der Waals surface area contributed by atoms with E-state index in [-0.39, 0.29) is 11.8 Å². The number of amides is 1. The number of likely N-dealkylation sites (tertiary alicyclic amines) is 1. The number of aliphatic carboxylic acids is 1. The Morgan fingerprint density at radius 2 is 2.38 bits per heavy atom. The van der Waals surface area contributed by atoms with Crippen molar-refractivity contribution in [2.24, 2.45) is 5.92 Å². The molecule has 0 aliphatic carbocycles. The van der Waals surface area contributed by atoms with Crippen molar-refractivity contribution >= 4 is 28.2 Å². The molecular weight excluding hydrogens is 290 g/mol. The predicted molar refractivity (Wildman–Crippen MR) is 79.1 cm³/mol. The molecule has 0 spiro atoms. The lowest BCUT2D eigenvalue weighted by molar-refractivity contribution is -0.143. The molecule has 21 heavy (non-hydrogen) atoms. The third-order valence-corrected chi connectivity index (χ3v) is 4.38. The van der Waals surface area contributed by atoms with E-state index in [9.17, 15) is 9.59 Å². The molecule has 1 atom stereocenters. The SMILES string of the molecule is N#Cc1ccsc1NC(=O)CCN1CCCC(C(=O)O)C1. The molecule has 0 aromatic carbocycles. The molecule has 2 heterocycles. The van der Waals surface area contributed by atoms with Gasteiger partial charge in [0.15, 0.2) is 0 Å². The van der Waals surface area contributed by atoms with Crippen molar-refractivity contribution in [2.45, 2.75) is 19.3 Å². The summed E-state index contributed by atoms with van der Waals surface area (Å²) < 4.78 is 0. The lowest BCUT2D eigenvalue weighted by atomic mass is 9.98. The van der Waals surface area contributed by atoms with Gasteiger partial charge in [0.05, 0.1) is 11.5 Å². The smallest absolute Gasteiger partial charge is 0.307 e. The summed E-state index contributed by atoms with van der Waals surface area (Å²) in [6.45, 7) is 1.88. The van der Waals surface area contributed by atoms with Crippen LogP contribution in [0, 0.1) is 17.2 Å². The van der Waals surface area contributed by atoms with E-state index in [1.807, 2.05) is 11.0 Å². The van der Waals surface area contributed by atoms with Gasteiger partial charge in [0, 0.05) is 19.5 Å². The second kappa shape index (κ2) is 7.20. The van der Waals surface area contributed by atoms with Crippen LogP contribution in [-0.4, -0.2) is 41.5 Å². The molecular formula is C14H17N3O3S. The van der Waals surface area contributed by atoms with Crippen molar-refractivity contribution in [1.29, 1.82) is 5.26 Å². The van der Waals surface area contributed by atoms with Gasteiger partial charge in [-0.2, -0.15) is 5.26 Å². The molecule has 1 amide bonds. The molecule has 0 saturated carbocycles. The number of nitriles is 1. The summed E-state index contributed by atoms with van der Waals surface area (Å²) in [5, 5.41) is 23.0. The molecule has 1 aromatic heterocycles. The molecule has 0 bridgehead atoms. The van der Waals surface area contributed by atoms with Gasteiger partial charge in [0.2, 0.25) is 5.91 Å². The maximum absolute atomic E-state index is 11.9. The lowest BCUT2D eigenvalue weighted by Gasteiger charge is -2.30. The molecule has 6 nitrogen and oxygen atoms in total. The maximum atomic E-state index is 11.9. The van der Waals surface area contributed by atoms with E-state index in [2.05, 4.69) is 5.32 Å². The Kier molecular flexibility index (Phi) is 5.31. The zero-order chi connectivity index (χ0) is 15.2. The average Bonchev–Trinajstić information content (AvgIpc) is 2.92. The Hall–Kier alpha value is -1.91. The highest BCUT2D eigenvalue weighted by atomic mass is 32.1. The number of carbonyl (C=O) groups excluding carboxylic acids is 1. The second-order valence-electron chi connectivity index (χ2n) is 5.05. The predicted octanol–water partition coefficient (Wildman–Crippen LogP) is 1.74. The van der Waals surface area contributed by atoms with Gasteiger partial charge < -0.3 is 15.3 Å². The van der Waals surface area contributed by atoms with E-state index >= 15 is 0 Å².